The van der Waals surface area contributed by atoms with Gasteiger partial charge in [-0.1, -0.05) is 41.4 Å². The van der Waals surface area contributed by atoms with Gasteiger partial charge in [0.1, 0.15) is 5.69 Å². The second-order valence-electron chi connectivity index (χ2n) is 4.55. The highest BCUT2D eigenvalue weighted by Crippen LogP contribution is 2.28. The molecule has 0 spiro atoms. The zero-order valence-electron chi connectivity index (χ0n) is 10.7. The maximum atomic E-state index is 11.8. The number of halogens is 2. The van der Waals surface area contributed by atoms with Crippen molar-refractivity contribution < 1.29 is 0 Å². The predicted molar refractivity (Wildman–Crippen MR) is 86.5 cm³/mol. The van der Waals surface area contributed by atoms with Gasteiger partial charge in [-0.15, -0.1) is 0 Å². The molecule has 3 aromatic rings. The van der Waals surface area contributed by atoms with Gasteiger partial charge in [-0.3, -0.25) is 9.59 Å². The molecule has 0 fully saturated rings. The lowest BCUT2D eigenvalue weighted by atomic mass is 9.98. The highest BCUT2D eigenvalue weighted by molar-refractivity contribution is 6.31. The molecular formula is C16H9Cl2NO2. The monoisotopic (exact) mass is 317 g/mol. The van der Waals surface area contributed by atoms with Crippen LogP contribution in [0.25, 0.3) is 11.1 Å². The molecule has 3 rings (SSSR count). The molecule has 0 unspecified atom stereocenters. The van der Waals surface area contributed by atoms with E-state index in [-0.39, 0.29) is 5.69 Å². The minimum absolute atomic E-state index is 0.282. The first-order valence-electron chi connectivity index (χ1n) is 6.18. The molecule has 104 valence electrons. The van der Waals surface area contributed by atoms with Crippen molar-refractivity contribution >= 4 is 34.6 Å². The molecule has 0 amide bonds. The third-order valence-corrected chi connectivity index (χ3v) is 3.62. The van der Waals surface area contributed by atoms with Gasteiger partial charge in [-0.25, -0.2) is 0 Å². The van der Waals surface area contributed by atoms with Crippen molar-refractivity contribution in [2.24, 2.45) is 0 Å². The molecule has 0 heterocycles. The van der Waals surface area contributed by atoms with Crippen LogP contribution in [0.4, 0.5) is 11.4 Å². The summed E-state index contributed by atoms with van der Waals surface area (Å²) in [7, 11) is 0. The lowest BCUT2D eigenvalue weighted by molar-refractivity contribution is 1.38. The van der Waals surface area contributed by atoms with Crippen LogP contribution < -0.4 is 16.2 Å². The Labute approximate surface area is 130 Å². The summed E-state index contributed by atoms with van der Waals surface area (Å²) >= 11 is 11.7. The standard InChI is InChI=1S/C16H9Cl2NO2/c17-10-6-4-9(5-7-10)13-14(16(21)15(13)20)19-12-3-1-2-11(18)8-12/h1-8,19H. The Morgan fingerprint density at radius 1 is 0.810 bits per heavy atom. The smallest absolute Gasteiger partial charge is 0.250 e. The first-order valence-corrected chi connectivity index (χ1v) is 6.93. The summed E-state index contributed by atoms with van der Waals surface area (Å²) < 4.78 is 0. The van der Waals surface area contributed by atoms with E-state index in [1.807, 2.05) is 0 Å². The molecule has 0 saturated heterocycles. The fourth-order valence-electron chi connectivity index (χ4n) is 2.11. The van der Waals surface area contributed by atoms with Crippen molar-refractivity contribution in [3.63, 3.8) is 0 Å². The van der Waals surface area contributed by atoms with Crippen molar-refractivity contribution in [1.29, 1.82) is 0 Å². The van der Waals surface area contributed by atoms with Gasteiger partial charge >= 0.3 is 0 Å². The Morgan fingerprint density at radius 3 is 2.19 bits per heavy atom. The molecule has 1 N–H and O–H groups in total. The number of hydrogen-bond donors (Lipinski definition) is 1. The van der Waals surface area contributed by atoms with Crippen LogP contribution in [0.2, 0.25) is 10.0 Å². The Kier molecular flexibility index (Phi) is 3.53. The Bertz CT molecular complexity index is 878. The lowest BCUT2D eigenvalue weighted by Gasteiger charge is -2.13. The topological polar surface area (TPSA) is 46.2 Å². The van der Waals surface area contributed by atoms with Crippen molar-refractivity contribution in [3.05, 3.63) is 79.0 Å². The van der Waals surface area contributed by atoms with Crippen molar-refractivity contribution in [2.45, 2.75) is 0 Å². The fraction of sp³-hybridized carbons (Fsp3) is 0. The van der Waals surface area contributed by atoms with E-state index in [4.69, 9.17) is 23.2 Å². The van der Waals surface area contributed by atoms with Crippen LogP contribution in [0.5, 0.6) is 0 Å². The molecule has 3 nitrogen and oxygen atoms in total. The number of rotatable bonds is 3. The van der Waals surface area contributed by atoms with Gasteiger partial charge in [0.15, 0.2) is 0 Å². The largest absolute Gasteiger partial charge is 0.352 e. The van der Waals surface area contributed by atoms with Gasteiger partial charge in [-0.05, 0) is 35.9 Å². The van der Waals surface area contributed by atoms with Crippen LogP contribution >= 0.6 is 23.2 Å². The van der Waals surface area contributed by atoms with Gasteiger partial charge in [0.25, 0.3) is 5.43 Å². The zero-order chi connectivity index (χ0) is 15.0. The van der Waals surface area contributed by atoms with Crippen molar-refractivity contribution in [3.8, 4) is 11.1 Å². The van der Waals surface area contributed by atoms with Crippen LogP contribution in [0.3, 0.4) is 0 Å². The van der Waals surface area contributed by atoms with Crippen molar-refractivity contribution in [1.82, 2.24) is 0 Å². The van der Waals surface area contributed by atoms with Crippen LogP contribution in [-0.2, 0) is 0 Å². The van der Waals surface area contributed by atoms with E-state index in [2.05, 4.69) is 5.32 Å². The molecule has 0 aliphatic carbocycles. The van der Waals surface area contributed by atoms with Gasteiger partial charge in [0, 0.05) is 15.7 Å². The Morgan fingerprint density at radius 2 is 1.52 bits per heavy atom. The summed E-state index contributed by atoms with van der Waals surface area (Å²) in [5, 5.41) is 4.07. The summed E-state index contributed by atoms with van der Waals surface area (Å²) in [5.41, 5.74) is 0.946. The molecule has 0 saturated carbocycles. The van der Waals surface area contributed by atoms with Crippen LogP contribution in [0.15, 0.2) is 58.1 Å². The van der Waals surface area contributed by atoms with Crippen LogP contribution in [-0.4, -0.2) is 0 Å². The normalized spacial score (nSPS) is 10.8. The molecule has 0 atom stereocenters. The minimum Gasteiger partial charge on any atom is -0.352 e. The maximum absolute atomic E-state index is 11.8. The SMILES string of the molecule is O=c1c(Nc2cccc(Cl)c2)c(-c2ccc(Cl)cc2)c1=O. The van der Waals surface area contributed by atoms with E-state index >= 15 is 0 Å². The molecule has 0 aromatic heterocycles. The van der Waals surface area contributed by atoms with E-state index in [0.717, 1.165) is 0 Å². The van der Waals surface area contributed by atoms with Gasteiger partial charge in [0.2, 0.25) is 5.43 Å². The summed E-state index contributed by atoms with van der Waals surface area (Å²) in [5.74, 6) is 0. The minimum atomic E-state index is -0.528. The molecule has 21 heavy (non-hydrogen) atoms. The highest BCUT2D eigenvalue weighted by atomic mass is 35.5. The van der Waals surface area contributed by atoms with E-state index in [9.17, 15) is 9.59 Å². The van der Waals surface area contributed by atoms with Gasteiger partial charge < -0.3 is 5.32 Å². The summed E-state index contributed by atoms with van der Waals surface area (Å²) in [6, 6.07) is 13.7. The fourth-order valence-corrected chi connectivity index (χ4v) is 2.43. The number of hydrogen-bond acceptors (Lipinski definition) is 3. The van der Waals surface area contributed by atoms with Crippen LogP contribution in [0, 0.1) is 0 Å². The molecule has 3 aromatic carbocycles. The third-order valence-electron chi connectivity index (χ3n) is 3.14. The summed E-state index contributed by atoms with van der Waals surface area (Å²) in [4.78, 5) is 23.6. The third kappa shape index (κ3) is 2.58. The van der Waals surface area contributed by atoms with Crippen LogP contribution in [0.1, 0.15) is 0 Å². The lowest BCUT2D eigenvalue weighted by Crippen LogP contribution is -2.35. The average molecular weight is 318 g/mol. The second-order valence-corrected chi connectivity index (χ2v) is 5.42. The summed E-state index contributed by atoms with van der Waals surface area (Å²) in [6.07, 6.45) is 0. The predicted octanol–water partition coefficient (Wildman–Crippen LogP) is 4.00. The van der Waals surface area contributed by atoms with Gasteiger partial charge in [-0.2, -0.15) is 0 Å². The molecule has 0 aliphatic rings. The molecule has 0 bridgehead atoms. The van der Waals surface area contributed by atoms with Gasteiger partial charge in [0.05, 0.1) is 5.56 Å². The number of anilines is 2. The van der Waals surface area contributed by atoms with E-state index in [1.54, 1.807) is 48.5 Å². The highest BCUT2D eigenvalue weighted by Gasteiger charge is 2.22. The van der Waals surface area contributed by atoms with E-state index in [0.29, 0.717) is 26.9 Å². The first-order chi connectivity index (χ1) is 10.1. The zero-order valence-corrected chi connectivity index (χ0v) is 12.2. The second kappa shape index (κ2) is 5.35. The first kappa shape index (κ1) is 13.9. The molecule has 5 heteroatoms. The number of nitrogens with one attached hydrogen (secondary N) is 1. The molecule has 0 aliphatic heterocycles. The number of benzene rings is 2. The average Bonchev–Trinajstić information content (AvgIpc) is 2.48. The van der Waals surface area contributed by atoms with E-state index < -0.39 is 10.9 Å². The molecular weight excluding hydrogens is 309 g/mol. The summed E-state index contributed by atoms with van der Waals surface area (Å²) in [6.45, 7) is 0. The van der Waals surface area contributed by atoms with Crippen molar-refractivity contribution in [2.75, 3.05) is 5.32 Å². The molecule has 0 radical (unpaired) electrons. The van der Waals surface area contributed by atoms with E-state index in [1.165, 1.54) is 0 Å². The quantitative estimate of drug-likeness (QED) is 0.743. The Hall–Kier alpha value is -2.10. The maximum Gasteiger partial charge on any atom is 0.250 e. The Balaban J connectivity index is 2.01.